The Morgan fingerprint density at radius 2 is 1.96 bits per heavy atom. The molecule has 0 aliphatic heterocycles. The molecule has 1 atom stereocenters. The minimum Gasteiger partial charge on any atom is -0.352 e. The summed E-state index contributed by atoms with van der Waals surface area (Å²) in [7, 11) is 0. The maximum atomic E-state index is 4.57. The number of fused-ring (bicyclic) bond motifs is 2. The summed E-state index contributed by atoms with van der Waals surface area (Å²) < 4.78 is 0. The highest BCUT2D eigenvalue weighted by Crippen LogP contribution is 2.29. The highest BCUT2D eigenvalue weighted by atomic mass is 15.1. The molecule has 3 heterocycles. The molecule has 0 bridgehead atoms. The van der Waals surface area contributed by atoms with Crippen LogP contribution in [0.15, 0.2) is 43.0 Å². The molecular formula is C18H18N6. The molecule has 0 amide bonds. The lowest BCUT2D eigenvalue weighted by atomic mass is 10.1. The first kappa shape index (κ1) is 14.6. The fraction of sp³-hybridized carbons (Fsp3) is 0.222. The van der Waals surface area contributed by atoms with Gasteiger partial charge in [-0.3, -0.25) is 9.97 Å². The summed E-state index contributed by atoms with van der Waals surface area (Å²) in [5.41, 5.74) is 4.72. The number of nitrogens with zero attached hydrogens (tertiary/aromatic N) is 4. The van der Waals surface area contributed by atoms with Crippen molar-refractivity contribution in [1.82, 2.24) is 24.9 Å². The molecule has 0 spiro atoms. The maximum absolute atomic E-state index is 4.57. The molecule has 0 aliphatic carbocycles. The van der Waals surface area contributed by atoms with Gasteiger partial charge in [0, 0.05) is 41.8 Å². The summed E-state index contributed by atoms with van der Waals surface area (Å²) >= 11 is 0. The summed E-state index contributed by atoms with van der Waals surface area (Å²) in [6.07, 6.45) is 8.25. The molecule has 3 aromatic heterocycles. The van der Waals surface area contributed by atoms with E-state index in [1.54, 1.807) is 12.4 Å². The monoisotopic (exact) mass is 318 g/mol. The summed E-state index contributed by atoms with van der Waals surface area (Å²) in [6.45, 7) is 4.25. The summed E-state index contributed by atoms with van der Waals surface area (Å²) in [4.78, 5) is 20.9. The van der Waals surface area contributed by atoms with Crippen LogP contribution >= 0.6 is 0 Å². The average molecular weight is 318 g/mol. The molecule has 6 heteroatoms. The molecule has 0 saturated heterocycles. The van der Waals surface area contributed by atoms with Gasteiger partial charge in [0.2, 0.25) is 5.95 Å². The number of H-pyrrole nitrogens is 1. The van der Waals surface area contributed by atoms with E-state index in [0.717, 1.165) is 39.6 Å². The Morgan fingerprint density at radius 3 is 2.79 bits per heavy atom. The minimum atomic E-state index is 0.343. The lowest BCUT2D eigenvalue weighted by molar-refractivity contribution is 0.754. The first-order valence-electron chi connectivity index (χ1n) is 8.06. The van der Waals surface area contributed by atoms with Gasteiger partial charge in [-0.05, 0) is 31.0 Å². The zero-order valence-corrected chi connectivity index (χ0v) is 13.6. The quantitative estimate of drug-likeness (QED) is 0.598. The minimum absolute atomic E-state index is 0.343. The second kappa shape index (κ2) is 5.88. The number of hydrogen-bond acceptors (Lipinski definition) is 5. The Hall–Kier alpha value is -3.02. The van der Waals surface area contributed by atoms with E-state index in [-0.39, 0.29) is 0 Å². The van der Waals surface area contributed by atoms with E-state index in [4.69, 9.17) is 0 Å². The van der Waals surface area contributed by atoms with Crippen molar-refractivity contribution in [1.29, 1.82) is 0 Å². The van der Waals surface area contributed by atoms with Gasteiger partial charge < -0.3 is 10.3 Å². The molecule has 0 radical (unpaired) electrons. The fourth-order valence-electron chi connectivity index (χ4n) is 2.67. The van der Waals surface area contributed by atoms with Crippen molar-refractivity contribution in [3.63, 3.8) is 0 Å². The van der Waals surface area contributed by atoms with Crippen LogP contribution in [0.25, 0.3) is 33.2 Å². The van der Waals surface area contributed by atoms with Crippen LogP contribution in [-0.4, -0.2) is 31.0 Å². The molecule has 0 aliphatic rings. The van der Waals surface area contributed by atoms with E-state index in [1.807, 2.05) is 30.6 Å². The van der Waals surface area contributed by atoms with Gasteiger partial charge in [0.25, 0.3) is 0 Å². The lowest BCUT2D eigenvalue weighted by Gasteiger charge is -2.10. The molecule has 6 nitrogen and oxygen atoms in total. The van der Waals surface area contributed by atoms with E-state index in [1.165, 1.54) is 0 Å². The number of benzene rings is 1. The first-order chi connectivity index (χ1) is 11.7. The van der Waals surface area contributed by atoms with Gasteiger partial charge in [-0.15, -0.1) is 0 Å². The Bertz CT molecular complexity index is 1010. The van der Waals surface area contributed by atoms with Crippen LogP contribution in [0.4, 0.5) is 5.95 Å². The van der Waals surface area contributed by atoms with Crippen molar-refractivity contribution in [2.24, 2.45) is 0 Å². The summed E-state index contributed by atoms with van der Waals surface area (Å²) in [5, 5.41) is 4.29. The third-order valence-corrected chi connectivity index (χ3v) is 4.20. The largest absolute Gasteiger partial charge is 0.352 e. The van der Waals surface area contributed by atoms with Crippen molar-refractivity contribution in [2.45, 2.75) is 26.3 Å². The Labute approximate surface area is 139 Å². The number of anilines is 1. The number of aromatic amines is 1. The van der Waals surface area contributed by atoms with Crippen LogP contribution in [0.2, 0.25) is 0 Å². The van der Waals surface area contributed by atoms with E-state index in [2.05, 4.69) is 44.1 Å². The molecule has 2 N–H and O–H groups in total. The fourth-order valence-corrected chi connectivity index (χ4v) is 2.67. The second-order valence-corrected chi connectivity index (χ2v) is 5.87. The van der Waals surface area contributed by atoms with Crippen molar-refractivity contribution in [3.05, 3.63) is 43.0 Å². The predicted molar refractivity (Wildman–Crippen MR) is 95.8 cm³/mol. The van der Waals surface area contributed by atoms with E-state index < -0.39 is 0 Å². The van der Waals surface area contributed by atoms with Crippen molar-refractivity contribution in [2.75, 3.05) is 5.32 Å². The molecule has 24 heavy (non-hydrogen) atoms. The standard InChI is InChI=1S/C18H18N6/c1-3-11(2)23-18-22-10-14-13(9-21-17(14)24-18)12-4-5-15-16(8-12)20-7-6-19-15/h4-11H,3H2,1-2H3,(H2,21,22,23,24). The molecule has 1 unspecified atom stereocenters. The third kappa shape index (κ3) is 2.56. The number of hydrogen-bond donors (Lipinski definition) is 2. The van der Waals surface area contributed by atoms with Gasteiger partial charge in [-0.1, -0.05) is 13.0 Å². The molecule has 4 aromatic rings. The Balaban J connectivity index is 1.76. The van der Waals surface area contributed by atoms with Gasteiger partial charge in [0.1, 0.15) is 5.65 Å². The van der Waals surface area contributed by atoms with Crippen molar-refractivity contribution in [3.8, 4) is 11.1 Å². The van der Waals surface area contributed by atoms with Gasteiger partial charge in [-0.25, -0.2) is 4.98 Å². The van der Waals surface area contributed by atoms with Crippen molar-refractivity contribution >= 4 is 28.0 Å². The molecular weight excluding hydrogens is 300 g/mol. The lowest BCUT2D eigenvalue weighted by Crippen LogP contribution is -2.15. The molecule has 120 valence electrons. The maximum Gasteiger partial charge on any atom is 0.224 e. The van der Waals surface area contributed by atoms with E-state index in [9.17, 15) is 0 Å². The first-order valence-corrected chi connectivity index (χ1v) is 8.06. The van der Waals surface area contributed by atoms with E-state index >= 15 is 0 Å². The highest BCUT2D eigenvalue weighted by Gasteiger charge is 2.10. The Kier molecular flexibility index (Phi) is 3.57. The molecule has 4 rings (SSSR count). The van der Waals surface area contributed by atoms with Crippen molar-refractivity contribution < 1.29 is 0 Å². The normalized spacial score (nSPS) is 12.6. The topological polar surface area (TPSA) is 79.4 Å². The molecule has 0 fully saturated rings. The van der Waals surface area contributed by atoms with Crippen LogP contribution < -0.4 is 5.32 Å². The number of rotatable bonds is 4. The zero-order valence-electron chi connectivity index (χ0n) is 13.6. The van der Waals surface area contributed by atoms with Gasteiger partial charge in [0.15, 0.2) is 0 Å². The second-order valence-electron chi connectivity index (χ2n) is 5.87. The van der Waals surface area contributed by atoms with Gasteiger partial charge in [-0.2, -0.15) is 4.98 Å². The smallest absolute Gasteiger partial charge is 0.224 e. The van der Waals surface area contributed by atoms with Gasteiger partial charge >= 0.3 is 0 Å². The average Bonchev–Trinajstić information content (AvgIpc) is 3.04. The zero-order chi connectivity index (χ0) is 16.5. The summed E-state index contributed by atoms with van der Waals surface area (Å²) in [6, 6.07) is 6.41. The number of nitrogens with one attached hydrogen (secondary N) is 2. The van der Waals surface area contributed by atoms with Crippen LogP contribution in [-0.2, 0) is 0 Å². The van der Waals surface area contributed by atoms with E-state index in [0.29, 0.717) is 12.0 Å². The molecule has 0 saturated carbocycles. The third-order valence-electron chi connectivity index (χ3n) is 4.20. The Morgan fingerprint density at radius 1 is 1.12 bits per heavy atom. The van der Waals surface area contributed by atoms with Crippen LogP contribution in [0.5, 0.6) is 0 Å². The van der Waals surface area contributed by atoms with Crippen LogP contribution in [0, 0.1) is 0 Å². The highest BCUT2D eigenvalue weighted by molar-refractivity contribution is 5.95. The van der Waals surface area contributed by atoms with Crippen LogP contribution in [0.3, 0.4) is 0 Å². The SMILES string of the molecule is CCC(C)Nc1ncc2c(-c3ccc4nccnc4c3)c[nH]c2n1. The van der Waals surface area contributed by atoms with Crippen LogP contribution in [0.1, 0.15) is 20.3 Å². The number of aromatic nitrogens is 5. The summed E-state index contributed by atoms with van der Waals surface area (Å²) in [5.74, 6) is 0.648. The molecule has 1 aromatic carbocycles. The van der Waals surface area contributed by atoms with Gasteiger partial charge in [0.05, 0.1) is 11.0 Å². The predicted octanol–water partition coefficient (Wildman–Crippen LogP) is 3.78.